The fourth-order valence-electron chi connectivity index (χ4n) is 2.37. The number of methoxy groups -OCH3 is 1. The highest BCUT2D eigenvalue weighted by Crippen LogP contribution is 2.31. The Morgan fingerprint density at radius 1 is 0.947 bits per heavy atom. The van der Waals surface area contributed by atoms with Gasteiger partial charge in [-0.25, -0.2) is 0 Å². The molecule has 0 aliphatic heterocycles. The van der Waals surface area contributed by atoms with Crippen LogP contribution >= 0.6 is 0 Å². The van der Waals surface area contributed by atoms with Gasteiger partial charge in [0.1, 0.15) is 5.75 Å². The highest BCUT2D eigenvalue weighted by molar-refractivity contribution is 5.35. The third-order valence-corrected chi connectivity index (χ3v) is 3.33. The summed E-state index contributed by atoms with van der Waals surface area (Å²) in [6.07, 6.45) is 4.87. The lowest BCUT2D eigenvalue weighted by Gasteiger charge is -2.20. The normalized spacial score (nSPS) is 12.4. The molecule has 0 N–H and O–H groups in total. The second-order valence-electron chi connectivity index (χ2n) is 5.24. The van der Waals surface area contributed by atoms with E-state index >= 15 is 0 Å². The quantitative estimate of drug-likeness (QED) is 0.796. The summed E-state index contributed by atoms with van der Waals surface area (Å²) in [5.41, 5.74) is 2.66. The van der Waals surface area contributed by atoms with E-state index in [0.29, 0.717) is 11.8 Å². The zero-order valence-electron chi connectivity index (χ0n) is 11.8. The maximum Gasteiger partial charge on any atom is 0.118 e. The Morgan fingerprint density at radius 3 is 2.05 bits per heavy atom. The summed E-state index contributed by atoms with van der Waals surface area (Å²) in [5.74, 6) is 1.98. The molecule has 0 aliphatic rings. The average Bonchev–Trinajstić information content (AvgIpc) is 2.46. The zero-order valence-corrected chi connectivity index (χ0v) is 11.8. The van der Waals surface area contributed by atoms with Crippen LogP contribution in [0.1, 0.15) is 37.3 Å². The molecule has 2 nitrogen and oxygen atoms in total. The van der Waals surface area contributed by atoms with Gasteiger partial charge >= 0.3 is 0 Å². The van der Waals surface area contributed by atoms with Gasteiger partial charge < -0.3 is 4.74 Å². The highest BCUT2D eigenvalue weighted by atomic mass is 16.5. The van der Waals surface area contributed by atoms with Crippen LogP contribution in [0.5, 0.6) is 5.75 Å². The van der Waals surface area contributed by atoms with Crippen LogP contribution in [-0.4, -0.2) is 12.1 Å². The minimum absolute atomic E-state index is 0.425. The molecule has 19 heavy (non-hydrogen) atoms. The minimum atomic E-state index is 0.425. The van der Waals surface area contributed by atoms with Crippen LogP contribution in [0, 0.1) is 5.92 Å². The fourth-order valence-corrected chi connectivity index (χ4v) is 2.37. The number of aromatic nitrogens is 1. The summed E-state index contributed by atoms with van der Waals surface area (Å²) < 4.78 is 5.23. The Balaban J connectivity index is 2.31. The summed E-state index contributed by atoms with van der Waals surface area (Å²) in [6, 6.07) is 12.6. The first kappa shape index (κ1) is 13.6. The molecule has 2 aromatic rings. The molecular weight excluding hydrogens is 234 g/mol. The Morgan fingerprint density at radius 2 is 1.53 bits per heavy atom. The lowest BCUT2D eigenvalue weighted by Crippen LogP contribution is -2.05. The van der Waals surface area contributed by atoms with Crippen LogP contribution < -0.4 is 4.74 Å². The van der Waals surface area contributed by atoms with Crippen molar-refractivity contribution in [3.8, 4) is 5.75 Å². The van der Waals surface area contributed by atoms with Crippen molar-refractivity contribution in [3.63, 3.8) is 0 Å². The second-order valence-corrected chi connectivity index (χ2v) is 5.24. The molecule has 0 radical (unpaired) electrons. The predicted octanol–water partition coefficient (Wildman–Crippen LogP) is 4.27. The molecular formula is C17H21NO. The van der Waals surface area contributed by atoms with Crippen LogP contribution in [0.2, 0.25) is 0 Å². The van der Waals surface area contributed by atoms with E-state index in [1.54, 1.807) is 7.11 Å². The molecule has 100 valence electrons. The molecule has 0 spiro atoms. The van der Waals surface area contributed by atoms with Gasteiger partial charge in [0, 0.05) is 18.3 Å². The van der Waals surface area contributed by atoms with Gasteiger partial charge in [-0.05, 0) is 47.7 Å². The second kappa shape index (κ2) is 6.37. The van der Waals surface area contributed by atoms with Gasteiger partial charge in [0.2, 0.25) is 0 Å². The van der Waals surface area contributed by atoms with E-state index in [1.165, 1.54) is 11.1 Å². The molecule has 2 rings (SSSR count). The summed E-state index contributed by atoms with van der Waals surface area (Å²) in [6.45, 7) is 4.52. The first-order valence-corrected chi connectivity index (χ1v) is 6.74. The molecule has 0 aliphatic carbocycles. The van der Waals surface area contributed by atoms with Crippen molar-refractivity contribution in [1.29, 1.82) is 0 Å². The molecule has 0 amide bonds. The van der Waals surface area contributed by atoms with Crippen LogP contribution in [0.15, 0.2) is 48.8 Å². The number of ether oxygens (including phenoxy) is 1. The van der Waals surface area contributed by atoms with Gasteiger partial charge in [-0.1, -0.05) is 26.0 Å². The van der Waals surface area contributed by atoms with E-state index in [4.69, 9.17) is 4.74 Å². The SMILES string of the molecule is COc1ccc([C@H](CC(C)C)c2ccncc2)cc1. The highest BCUT2D eigenvalue weighted by Gasteiger charge is 2.15. The van der Waals surface area contributed by atoms with Crippen LogP contribution in [0.4, 0.5) is 0 Å². The molecule has 0 fully saturated rings. The third-order valence-electron chi connectivity index (χ3n) is 3.33. The van der Waals surface area contributed by atoms with E-state index in [9.17, 15) is 0 Å². The smallest absolute Gasteiger partial charge is 0.118 e. The van der Waals surface area contributed by atoms with Crippen LogP contribution in [-0.2, 0) is 0 Å². The van der Waals surface area contributed by atoms with Gasteiger partial charge in [-0.3, -0.25) is 4.98 Å². The molecule has 0 saturated carbocycles. The van der Waals surface area contributed by atoms with Crippen molar-refractivity contribution < 1.29 is 4.74 Å². The average molecular weight is 255 g/mol. The van der Waals surface area contributed by atoms with Crippen molar-refractivity contribution in [3.05, 3.63) is 59.9 Å². The summed E-state index contributed by atoms with van der Waals surface area (Å²) in [5, 5.41) is 0. The number of hydrogen-bond acceptors (Lipinski definition) is 2. The van der Waals surface area contributed by atoms with Gasteiger partial charge in [0.05, 0.1) is 7.11 Å². The van der Waals surface area contributed by atoms with Crippen LogP contribution in [0.3, 0.4) is 0 Å². The zero-order chi connectivity index (χ0) is 13.7. The van der Waals surface area contributed by atoms with Gasteiger partial charge in [-0.15, -0.1) is 0 Å². The van der Waals surface area contributed by atoms with Gasteiger partial charge in [0.25, 0.3) is 0 Å². The Kier molecular flexibility index (Phi) is 4.56. The summed E-state index contributed by atoms with van der Waals surface area (Å²) >= 11 is 0. The lowest BCUT2D eigenvalue weighted by atomic mass is 9.85. The monoisotopic (exact) mass is 255 g/mol. The lowest BCUT2D eigenvalue weighted by molar-refractivity contribution is 0.414. The third kappa shape index (κ3) is 3.57. The van der Waals surface area contributed by atoms with Crippen LogP contribution in [0.25, 0.3) is 0 Å². The number of benzene rings is 1. The van der Waals surface area contributed by atoms with E-state index in [0.717, 1.165) is 12.2 Å². The number of rotatable bonds is 5. The molecule has 0 bridgehead atoms. The van der Waals surface area contributed by atoms with Crippen molar-refractivity contribution in [2.45, 2.75) is 26.2 Å². The molecule has 0 saturated heterocycles. The van der Waals surface area contributed by atoms with Crippen molar-refractivity contribution in [1.82, 2.24) is 4.98 Å². The predicted molar refractivity (Wildman–Crippen MR) is 78.5 cm³/mol. The van der Waals surface area contributed by atoms with E-state index in [1.807, 2.05) is 24.5 Å². The first-order valence-electron chi connectivity index (χ1n) is 6.74. The Hall–Kier alpha value is -1.83. The van der Waals surface area contributed by atoms with Crippen molar-refractivity contribution in [2.24, 2.45) is 5.92 Å². The molecule has 1 atom stereocenters. The topological polar surface area (TPSA) is 22.1 Å². The molecule has 1 aromatic heterocycles. The van der Waals surface area contributed by atoms with E-state index in [2.05, 4.69) is 43.1 Å². The standard InChI is InChI=1S/C17H21NO/c1-13(2)12-17(15-8-10-18-11-9-15)14-4-6-16(19-3)7-5-14/h4-11,13,17H,12H2,1-3H3/t17-/m0/s1. The maximum atomic E-state index is 5.23. The van der Waals surface area contributed by atoms with Crippen molar-refractivity contribution >= 4 is 0 Å². The molecule has 0 unspecified atom stereocenters. The molecule has 2 heteroatoms. The number of hydrogen-bond donors (Lipinski definition) is 0. The Bertz CT molecular complexity index is 490. The molecule has 1 aromatic carbocycles. The van der Waals surface area contributed by atoms with Gasteiger partial charge in [-0.2, -0.15) is 0 Å². The number of nitrogens with zero attached hydrogens (tertiary/aromatic N) is 1. The van der Waals surface area contributed by atoms with E-state index < -0.39 is 0 Å². The minimum Gasteiger partial charge on any atom is -0.497 e. The van der Waals surface area contributed by atoms with Crippen molar-refractivity contribution in [2.75, 3.05) is 7.11 Å². The maximum absolute atomic E-state index is 5.23. The van der Waals surface area contributed by atoms with Gasteiger partial charge in [0.15, 0.2) is 0 Å². The number of pyridine rings is 1. The van der Waals surface area contributed by atoms with E-state index in [-0.39, 0.29) is 0 Å². The Labute approximate surface area is 115 Å². The molecule has 1 heterocycles. The largest absolute Gasteiger partial charge is 0.497 e. The summed E-state index contributed by atoms with van der Waals surface area (Å²) in [7, 11) is 1.70. The first-order chi connectivity index (χ1) is 9.20. The fraction of sp³-hybridized carbons (Fsp3) is 0.353. The summed E-state index contributed by atoms with van der Waals surface area (Å²) in [4.78, 5) is 4.11.